The Balaban J connectivity index is -0.000000172. The van der Waals surface area contributed by atoms with Crippen LogP contribution in [0.3, 0.4) is 0 Å². The number of hydrogen-bond acceptors (Lipinski definition) is 0. The van der Waals surface area contributed by atoms with Crippen molar-refractivity contribution in [2.24, 2.45) is 0 Å². The van der Waals surface area contributed by atoms with Gasteiger partial charge >= 0.3 is 52.4 Å². The molecule has 0 spiro atoms. The number of rotatable bonds is 0. The van der Waals surface area contributed by atoms with Crippen LogP contribution in [0.1, 0.15) is 0 Å². The molecule has 0 atom stereocenters. The summed E-state index contributed by atoms with van der Waals surface area (Å²) in [6.45, 7) is 0. The molecule has 0 saturated carbocycles. The predicted octanol–water partition coefficient (Wildman–Crippen LogP) is -4.06. The van der Waals surface area contributed by atoms with Crippen molar-refractivity contribution in [1.82, 2.24) is 0 Å². The van der Waals surface area contributed by atoms with Crippen molar-refractivity contribution in [2.45, 2.75) is 0 Å². The Kier molecular flexibility index (Phi) is 30.2. The van der Waals surface area contributed by atoms with Gasteiger partial charge in [-0.1, -0.05) is 12.1 Å². The molecule has 0 heterocycles. The van der Waals surface area contributed by atoms with Crippen LogP contribution in [0.25, 0.3) is 21.5 Å². The Hall–Kier alpha value is -0.714. The molecule has 0 saturated heterocycles. The van der Waals surface area contributed by atoms with E-state index in [0.717, 1.165) is 0 Å². The first kappa shape index (κ1) is 40.5. The Morgan fingerprint density at radius 1 is 0.353 bits per heavy atom. The molecule has 0 nitrogen and oxygen atoms in total. The third-order valence-electron chi connectivity index (χ3n) is 4.21. The van der Waals surface area contributed by atoms with Crippen LogP contribution in [0.5, 0.6) is 0 Å². The SMILES string of the molecule is [Cl-].[Cl-].[Cl-].[Cl-].[Zr+4].[Zr+4].c1cc[cH-]c1.c1cc[cH-]c1.c1ccc2[cH-]ccc2c1.c1ccc2[cH-]ccc2c1. The van der Waals surface area contributed by atoms with Crippen molar-refractivity contribution in [1.29, 1.82) is 0 Å². The molecule has 0 aliphatic rings. The van der Waals surface area contributed by atoms with Gasteiger partial charge in [0.05, 0.1) is 0 Å². The zero-order chi connectivity index (χ0) is 19.3. The molecule has 6 aromatic rings. The third kappa shape index (κ3) is 15.3. The van der Waals surface area contributed by atoms with E-state index < -0.39 is 0 Å². The van der Waals surface area contributed by atoms with Crippen LogP contribution in [-0.2, 0) is 52.4 Å². The largest absolute Gasteiger partial charge is 4.00 e. The molecule has 0 aliphatic carbocycles. The summed E-state index contributed by atoms with van der Waals surface area (Å²) in [6, 6.07) is 49.3. The van der Waals surface area contributed by atoms with Crippen LogP contribution in [0.4, 0.5) is 0 Å². The molecule has 0 unspecified atom stereocenters. The van der Waals surface area contributed by atoms with Gasteiger partial charge in [-0.05, 0) is 0 Å². The molecule has 0 bridgehead atoms. The van der Waals surface area contributed by atoms with Gasteiger partial charge in [0.2, 0.25) is 0 Å². The molecular formula is C28H24Cl4Zr2. The van der Waals surface area contributed by atoms with Gasteiger partial charge in [-0.25, -0.2) is 24.3 Å². The van der Waals surface area contributed by atoms with Gasteiger partial charge in [0.15, 0.2) is 0 Å². The first-order valence-corrected chi connectivity index (χ1v) is 9.48. The average Bonchev–Trinajstić information content (AvgIpc) is 3.56. The van der Waals surface area contributed by atoms with E-state index in [9.17, 15) is 0 Å². The van der Waals surface area contributed by atoms with E-state index in [1.807, 2.05) is 60.7 Å². The van der Waals surface area contributed by atoms with Crippen LogP contribution >= 0.6 is 0 Å². The zero-order valence-corrected chi connectivity index (χ0v) is 26.3. The molecule has 0 amide bonds. The van der Waals surface area contributed by atoms with E-state index in [-0.39, 0.29) is 102 Å². The summed E-state index contributed by atoms with van der Waals surface area (Å²) < 4.78 is 0. The van der Waals surface area contributed by atoms with Crippen LogP contribution in [0, 0.1) is 0 Å². The minimum atomic E-state index is 0. The molecule has 6 heteroatoms. The minimum absolute atomic E-state index is 0. The van der Waals surface area contributed by atoms with Crippen LogP contribution in [0.2, 0.25) is 0 Å². The Morgan fingerprint density at radius 2 is 0.676 bits per heavy atom. The minimum Gasteiger partial charge on any atom is -1.00 e. The molecule has 6 rings (SSSR count). The van der Waals surface area contributed by atoms with Gasteiger partial charge in [0.1, 0.15) is 0 Å². The molecule has 0 N–H and O–H groups in total. The Labute approximate surface area is 266 Å². The smallest absolute Gasteiger partial charge is 1.00 e. The predicted molar refractivity (Wildman–Crippen MR) is 123 cm³/mol. The van der Waals surface area contributed by atoms with E-state index in [2.05, 4.69) is 84.9 Å². The van der Waals surface area contributed by atoms with Gasteiger partial charge < -0.3 is 49.6 Å². The van der Waals surface area contributed by atoms with E-state index in [1.165, 1.54) is 21.5 Å². The van der Waals surface area contributed by atoms with E-state index in [0.29, 0.717) is 0 Å². The molecule has 0 fully saturated rings. The van der Waals surface area contributed by atoms with Gasteiger partial charge in [0, 0.05) is 0 Å². The van der Waals surface area contributed by atoms with Crippen molar-refractivity contribution >= 4 is 21.5 Å². The van der Waals surface area contributed by atoms with Gasteiger partial charge in [-0.3, -0.25) is 0 Å². The maximum absolute atomic E-state index is 2.12. The fourth-order valence-electron chi connectivity index (χ4n) is 2.78. The van der Waals surface area contributed by atoms with E-state index in [1.54, 1.807) is 0 Å². The molecule has 0 aliphatic heterocycles. The van der Waals surface area contributed by atoms with Crippen LogP contribution in [-0.4, -0.2) is 0 Å². The van der Waals surface area contributed by atoms with Crippen molar-refractivity contribution in [2.75, 3.05) is 0 Å². The number of fused-ring (bicyclic) bond motifs is 2. The van der Waals surface area contributed by atoms with Crippen molar-refractivity contribution in [3.8, 4) is 0 Å². The molecule has 6 aromatic carbocycles. The first-order chi connectivity index (χ1) is 13.9. The summed E-state index contributed by atoms with van der Waals surface area (Å²) in [5.74, 6) is 0. The second kappa shape index (κ2) is 25.4. The van der Waals surface area contributed by atoms with Gasteiger partial charge in [-0.15, -0.1) is 59.3 Å². The maximum atomic E-state index is 2.12. The fourth-order valence-corrected chi connectivity index (χ4v) is 2.78. The summed E-state index contributed by atoms with van der Waals surface area (Å²) in [7, 11) is 0. The quantitative estimate of drug-likeness (QED) is 0.143. The summed E-state index contributed by atoms with van der Waals surface area (Å²) in [4.78, 5) is 0. The molecule has 0 radical (unpaired) electrons. The molecule has 34 heavy (non-hydrogen) atoms. The van der Waals surface area contributed by atoms with Crippen LogP contribution in [0.15, 0.2) is 146 Å². The summed E-state index contributed by atoms with van der Waals surface area (Å²) in [6.07, 6.45) is 0. The third-order valence-corrected chi connectivity index (χ3v) is 4.21. The summed E-state index contributed by atoms with van der Waals surface area (Å²) in [5.41, 5.74) is 0. The van der Waals surface area contributed by atoms with Crippen molar-refractivity contribution < 1.29 is 102 Å². The maximum Gasteiger partial charge on any atom is 4.00 e. The fraction of sp³-hybridized carbons (Fsp3) is 0. The standard InChI is InChI=1S/2C9H7.2C5H5.4ClH.2Zr/c2*1-2-5-9-7-3-6-8(9)4-1;2*1-2-4-5-3-1;;;;;;/h2*1-7H;2*1-5H;4*1H;;/q4*-1;;;;;2*+4/p-4. The zero-order valence-electron chi connectivity index (χ0n) is 18.4. The first-order valence-electron chi connectivity index (χ1n) is 9.48. The normalized spacial score (nSPS) is 7.76. The van der Waals surface area contributed by atoms with Crippen LogP contribution < -0.4 is 49.6 Å². The Bertz CT molecular complexity index is 941. The van der Waals surface area contributed by atoms with Gasteiger partial charge in [0.25, 0.3) is 0 Å². The second-order valence-corrected chi connectivity index (χ2v) is 6.23. The Morgan fingerprint density at radius 3 is 0.941 bits per heavy atom. The molecular weight excluding hydrogens is 661 g/mol. The monoisotopic (exact) mass is 680 g/mol. The average molecular weight is 685 g/mol. The summed E-state index contributed by atoms with van der Waals surface area (Å²) >= 11 is 0. The van der Waals surface area contributed by atoms with E-state index in [4.69, 9.17) is 0 Å². The second-order valence-electron chi connectivity index (χ2n) is 6.23. The molecule has 0 aromatic heterocycles. The van der Waals surface area contributed by atoms with Crippen molar-refractivity contribution in [3.05, 3.63) is 146 Å². The number of hydrogen-bond donors (Lipinski definition) is 0. The van der Waals surface area contributed by atoms with Crippen molar-refractivity contribution in [3.63, 3.8) is 0 Å². The van der Waals surface area contributed by atoms with E-state index >= 15 is 0 Å². The van der Waals surface area contributed by atoms with Gasteiger partial charge in [-0.2, -0.15) is 71.4 Å². The summed E-state index contributed by atoms with van der Waals surface area (Å²) in [5, 5.41) is 5.32. The number of halogens is 4. The topological polar surface area (TPSA) is 0 Å². The molecule has 172 valence electrons. The number of benzene rings is 2.